The predicted molar refractivity (Wildman–Crippen MR) is 86.7 cm³/mol. The summed E-state index contributed by atoms with van der Waals surface area (Å²) in [5.74, 6) is -0.247. The zero-order valence-corrected chi connectivity index (χ0v) is 13.7. The molecule has 0 aliphatic heterocycles. The van der Waals surface area contributed by atoms with E-state index in [1.165, 1.54) is 0 Å². The highest BCUT2D eigenvalue weighted by Crippen LogP contribution is 2.22. The van der Waals surface area contributed by atoms with Crippen LogP contribution in [0.1, 0.15) is 11.1 Å². The van der Waals surface area contributed by atoms with Crippen molar-refractivity contribution < 1.29 is 8.42 Å². The van der Waals surface area contributed by atoms with E-state index in [1.807, 2.05) is 32.4 Å². The number of benzene rings is 1. The maximum Gasteiger partial charge on any atom is 0.256 e. The van der Waals surface area contributed by atoms with E-state index in [1.54, 1.807) is 6.07 Å². The smallest absolute Gasteiger partial charge is 0.256 e. The van der Waals surface area contributed by atoms with Gasteiger partial charge in [0.05, 0.1) is 11.0 Å². The quantitative estimate of drug-likeness (QED) is 0.620. The van der Waals surface area contributed by atoms with E-state index in [2.05, 4.69) is 15.2 Å². The third kappa shape index (κ3) is 3.63. The number of aromatic amines is 1. The van der Waals surface area contributed by atoms with Crippen molar-refractivity contribution in [2.75, 3.05) is 27.7 Å². The van der Waals surface area contributed by atoms with Crippen molar-refractivity contribution in [1.82, 2.24) is 14.3 Å². The zero-order chi connectivity index (χ0) is 16.3. The van der Waals surface area contributed by atoms with Gasteiger partial charge in [-0.1, -0.05) is 6.07 Å². The van der Waals surface area contributed by atoms with Crippen LogP contribution in [0, 0.1) is 4.91 Å². The second-order valence-corrected chi connectivity index (χ2v) is 7.50. The number of likely N-dealkylation sites (N-methyl/N-ethyl adjacent to an activating group) is 1. The number of aromatic nitrogens is 1. The summed E-state index contributed by atoms with van der Waals surface area (Å²) in [6, 6.07) is 5.45. The monoisotopic (exact) mass is 324 g/mol. The summed E-state index contributed by atoms with van der Waals surface area (Å²) in [6.07, 6.45) is 2.82. The van der Waals surface area contributed by atoms with Gasteiger partial charge in [0.15, 0.2) is 0 Å². The summed E-state index contributed by atoms with van der Waals surface area (Å²) in [7, 11) is 1.44. The molecule has 0 bridgehead atoms. The SMILES string of the molecule is CN(C)CCc1c[nH]c2ccc(CS(=O)(=O)N(C)N=O)cc12. The lowest BCUT2D eigenvalue weighted by molar-refractivity contribution is 0.414. The maximum absolute atomic E-state index is 11.9. The molecule has 2 aromatic rings. The third-order valence-electron chi connectivity index (χ3n) is 3.53. The molecular weight excluding hydrogens is 304 g/mol. The summed E-state index contributed by atoms with van der Waals surface area (Å²) in [5.41, 5.74) is 2.75. The van der Waals surface area contributed by atoms with Crippen LogP contribution in [0.3, 0.4) is 0 Å². The first-order valence-electron chi connectivity index (χ1n) is 6.87. The normalized spacial score (nSPS) is 12.0. The molecular formula is C14H20N4O3S. The first-order valence-corrected chi connectivity index (χ1v) is 8.48. The van der Waals surface area contributed by atoms with Crippen molar-refractivity contribution in [3.05, 3.63) is 40.4 Å². The van der Waals surface area contributed by atoms with Crippen LogP contribution in [-0.4, -0.2) is 50.4 Å². The molecule has 8 heteroatoms. The van der Waals surface area contributed by atoms with Crippen LogP contribution < -0.4 is 0 Å². The van der Waals surface area contributed by atoms with Crippen LogP contribution in [-0.2, 0) is 22.2 Å². The van der Waals surface area contributed by atoms with Crippen LogP contribution in [0.2, 0.25) is 0 Å². The van der Waals surface area contributed by atoms with Crippen LogP contribution in [0.4, 0.5) is 0 Å². The topological polar surface area (TPSA) is 85.8 Å². The molecule has 0 unspecified atom stereocenters. The lowest BCUT2D eigenvalue weighted by Gasteiger charge is -2.10. The van der Waals surface area contributed by atoms with Gasteiger partial charge in [-0.3, -0.25) is 0 Å². The Morgan fingerprint density at radius 1 is 1.23 bits per heavy atom. The standard InChI is InChI=1S/C14H20N4O3S/c1-17(2)7-6-12-9-15-14-5-4-11(8-13(12)14)10-22(20,21)18(3)16-19/h4-5,8-9,15H,6-7,10H2,1-3H3. The molecule has 7 nitrogen and oxygen atoms in total. The molecule has 0 amide bonds. The molecule has 2 rings (SSSR count). The average molecular weight is 324 g/mol. The minimum Gasteiger partial charge on any atom is -0.361 e. The third-order valence-corrected chi connectivity index (χ3v) is 5.10. The van der Waals surface area contributed by atoms with Crippen LogP contribution in [0.15, 0.2) is 29.7 Å². The highest BCUT2D eigenvalue weighted by Gasteiger charge is 2.18. The average Bonchev–Trinajstić information content (AvgIpc) is 2.86. The fourth-order valence-corrected chi connectivity index (χ4v) is 3.11. The number of hydrogen-bond donors (Lipinski definition) is 1. The number of rotatable bonds is 7. The summed E-state index contributed by atoms with van der Waals surface area (Å²) in [6.45, 7) is 0.910. The van der Waals surface area contributed by atoms with Crippen LogP contribution in [0.25, 0.3) is 10.9 Å². The number of H-pyrrole nitrogens is 1. The molecule has 1 heterocycles. The Labute approximate surface area is 129 Å². The largest absolute Gasteiger partial charge is 0.361 e. The van der Waals surface area contributed by atoms with E-state index in [9.17, 15) is 13.3 Å². The Bertz CT molecular complexity index is 767. The van der Waals surface area contributed by atoms with Gasteiger partial charge in [0.25, 0.3) is 10.0 Å². The Kier molecular flexibility index (Phi) is 4.82. The van der Waals surface area contributed by atoms with Crippen molar-refractivity contribution in [3.8, 4) is 0 Å². The fraction of sp³-hybridized carbons (Fsp3) is 0.429. The summed E-state index contributed by atoms with van der Waals surface area (Å²) < 4.78 is 24.3. The first-order chi connectivity index (χ1) is 10.3. The minimum absolute atomic E-state index is 0.247. The molecule has 1 N–H and O–H groups in total. The summed E-state index contributed by atoms with van der Waals surface area (Å²) in [4.78, 5) is 15.7. The summed E-state index contributed by atoms with van der Waals surface area (Å²) >= 11 is 0. The minimum atomic E-state index is -3.72. The molecule has 0 atom stereocenters. The molecule has 1 aromatic carbocycles. The van der Waals surface area contributed by atoms with Gasteiger partial charge < -0.3 is 9.88 Å². The van der Waals surface area contributed by atoms with Gasteiger partial charge in [-0.2, -0.15) is 4.41 Å². The second kappa shape index (κ2) is 6.45. The first kappa shape index (κ1) is 16.4. The number of hydrogen-bond acceptors (Lipinski definition) is 5. The maximum atomic E-state index is 11.9. The van der Waals surface area contributed by atoms with Crippen molar-refractivity contribution in [1.29, 1.82) is 0 Å². The van der Waals surface area contributed by atoms with Crippen LogP contribution in [0.5, 0.6) is 0 Å². The van der Waals surface area contributed by atoms with E-state index < -0.39 is 10.0 Å². The number of nitrogens with zero attached hydrogens (tertiary/aromatic N) is 3. The number of nitrogens with one attached hydrogen (secondary N) is 1. The summed E-state index contributed by atoms with van der Waals surface area (Å²) in [5, 5.41) is 3.47. The van der Waals surface area contributed by atoms with Gasteiger partial charge in [-0.25, -0.2) is 8.42 Å². The van der Waals surface area contributed by atoms with Gasteiger partial charge in [-0.05, 0) is 43.8 Å². The van der Waals surface area contributed by atoms with Crippen molar-refractivity contribution in [2.45, 2.75) is 12.2 Å². The Morgan fingerprint density at radius 2 is 1.95 bits per heavy atom. The molecule has 0 fully saturated rings. The molecule has 0 spiro atoms. The Hall–Kier alpha value is -1.93. The molecule has 0 aliphatic rings. The van der Waals surface area contributed by atoms with Gasteiger partial charge in [0.2, 0.25) is 0 Å². The highest BCUT2D eigenvalue weighted by atomic mass is 32.2. The molecule has 0 aliphatic carbocycles. The lowest BCUT2D eigenvalue weighted by atomic mass is 10.1. The predicted octanol–water partition coefficient (Wildman–Crippen LogP) is 1.72. The molecule has 120 valence electrons. The molecule has 1 aromatic heterocycles. The lowest BCUT2D eigenvalue weighted by Crippen LogP contribution is -2.22. The zero-order valence-electron chi connectivity index (χ0n) is 12.9. The second-order valence-electron chi connectivity index (χ2n) is 5.52. The number of nitroso groups, excluding NO2 is 1. The van der Waals surface area contributed by atoms with Crippen molar-refractivity contribution >= 4 is 20.9 Å². The molecule has 0 saturated carbocycles. The number of fused-ring (bicyclic) bond motifs is 1. The Morgan fingerprint density at radius 3 is 2.59 bits per heavy atom. The molecule has 0 radical (unpaired) electrons. The molecule has 0 saturated heterocycles. The highest BCUT2D eigenvalue weighted by molar-refractivity contribution is 7.88. The van der Waals surface area contributed by atoms with E-state index >= 15 is 0 Å². The van der Waals surface area contributed by atoms with E-state index in [0.717, 1.165) is 36.5 Å². The fourth-order valence-electron chi connectivity index (χ4n) is 2.22. The van der Waals surface area contributed by atoms with Gasteiger partial charge in [0.1, 0.15) is 0 Å². The molecule has 22 heavy (non-hydrogen) atoms. The van der Waals surface area contributed by atoms with E-state index in [0.29, 0.717) is 9.98 Å². The van der Waals surface area contributed by atoms with Gasteiger partial charge >= 0.3 is 0 Å². The van der Waals surface area contributed by atoms with Gasteiger partial charge in [-0.15, -0.1) is 4.91 Å². The Balaban J connectivity index is 2.29. The number of sulfonamides is 1. The van der Waals surface area contributed by atoms with Crippen molar-refractivity contribution in [3.63, 3.8) is 0 Å². The van der Waals surface area contributed by atoms with Crippen LogP contribution >= 0.6 is 0 Å². The van der Waals surface area contributed by atoms with E-state index in [4.69, 9.17) is 0 Å². The van der Waals surface area contributed by atoms with Crippen molar-refractivity contribution in [2.24, 2.45) is 5.29 Å². The van der Waals surface area contributed by atoms with Gasteiger partial charge in [0, 0.05) is 30.7 Å². The van der Waals surface area contributed by atoms with E-state index in [-0.39, 0.29) is 5.75 Å².